The number of aromatic amines is 1. The molecule has 2 aliphatic heterocycles. The minimum absolute atomic E-state index is 0.0163. The van der Waals surface area contributed by atoms with Crippen molar-refractivity contribution in [1.82, 2.24) is 9.97 Å². The standard InChI is InChI=1S/C21H24N4O4/c1-14-17(20(28)23-21(22-14)24-8-10-29-11-9-24)6-7-19(27)25-13-16(26)12-15-4-2-3-5-18(15)25/h2-5H,6-13H2,1H3,(H,22,23,28). The highest BCUT2D eigenvalue weighted by Crippen LogP contribution is 2.26. The van der Waals surface area contributed by atoms with Crippen LogP contribution in [0.3, 0.4) is 0 Å². The van der Waals surface area contributed by atoms with Crippen molar-refractivity contribution in [2.24, 2.45) is 0 Å². The number of Topliss-reactive ketones (excluding diaryl/α,β-unsaturated/α-hetero) is 1. The maximum Gasteiger partial charge on any atom is 0.255 e. The van der Waals surface area contributed by atoms with Gasteiger partial charge in [0.05, 0.1) is 19.8 Å². The molecule has 8 nitrogen and oxygen atoms in total. The molecule has 4 rings (SSSR count). The number of aromatic nitrogens is 2. The number of morpholine rings is 1. The van der Waals surface area contributed by atoms with Crippen LogP contribution in [-0.2, 0) is 27.2 Å². The molecular formula is C21H24N4O4. The number of amides is 1. The molecule has 1 amide bonds. The summed E-state index contributed by atoms with van der Waals surface area (Å²) in [6, 6.07) is 7.45. The molecule has 1 aromatic carbocycles. The maximum absolute atomic E-state index is 12.8. The van der Waals surface area contributed by atoms with E-state index in [1.807, 2.05) is 29.2 Å². The van der Waals surface area contributed by atoms with E-state index in [2.05, 4.69) is 9.97 Å². The Balaban J connectivity index is 1.48. The second-order valence-corrected chi connectivity index (χ2v) is 7.38. The molecule has 2 aliphatic rings. The molecule has 1 N–H and O–H groups in total. The fourth-order valence-corrected chi connectivity index (χ4v) is 3.86. The minimum Gasteiger partial charge on any atom is -0.378 e. The molecule has 0 saturated carbocycles. The van der Waals surface area contributed by atoms with Crippen LogP contribution in [0.4, 0.5) is 11.6 Å². The van der Waals surface area contributed by atoms with Crippen LogP contribution in [0.25, 0.3) is 0 Å². The second kappa shape index (κ2) is 8.16. The number of ketones is 1. The van der Waals surface area contributed by atoms with Crippen molar-refractivity contribution in [3.8, 4) is 0 Å². The number of nitrogens with one attached hydrogen (secondary N) is 1. The van der Waals surface area contributed by atoms with Crippen molar-refractivity contribution in [3.63, 3.8) is 0 Å². The minimum atomic E-state index is -0.220. The number of hydrogen-bond donors (Lipinski definition) is 1. The van der Waals surface area contributed by atoms with Gasteiger partial charge in [-0.3, -0.25) is 19.4 Å². The van der Waals surface area contributed by atoms with Gasteiger partial charge in [-0.2, -0.15) is 0 Å². The van der Waals surface area contributed by atoms with E-state index in [0.29, 0.717) is 49.9 Å². The molecule has 3 heterocycles. The SMILES string of the molecule is Cc1nc(N2CCOCC2)[nH]c(=O)c1CCC(=O)N1CC(=O)Cc2ccccc21. The molecule has 1 aromatic heterocycles. The van der Waals surface area contributed by atoms with Crippen LogP contribution >= 0.6 is 0 Å². The summed E-state index contributed by atoms with van der Waals surface area (Å²) < 4.78 is 5.33. The highest BCUT2D eigenvalue weighted by Gasteiger charge is 2.27. The first-order valence-corrected chi connectivity index (χ1v) is 9.85. The Kier molecular flexibility index (Phi) is 5.44. The first-order valence-electron chi connectivity index (χ1n) is 9.85. The number of carbonyl (C=O) groups is 2. The molecule has 2 aromatic rings. The Hall–Kier alpha value is -3.00. The summed E-state index contributed by atoms with van der Waals surface area (Å²) in [5.41, 5.74) is 2.55. The van der Waals surface area contributed by atoms with E-state index in [1.54, 1.807) is 6.92 Å². The molecule has 0 unspecified atom stereocenters. The van der Waals surface area contributed by atoms with E-state index in [4.69, 9.17) is 4.74 Å². The molecule has 0 radical (unpaired) electrons. The predicted octanol–water partition coefficient (Wildman–Crippen LogP) is 1.01. The van der Waals surface area contributed by atoms with Gasteiger partial charge >= 0.3 is 0 Å². The number of fused-ring (bicyclic) bond motifs is 1. The van der Waals surface area contributed by atoms with Crippen LogP contribution in [0.5, 0.6) is 0 Å². The summed E-state index contributed by atoms with van der Waals surface area (Å²) in [6.07, 6.45) is 0.777. The van der Waals surface area contributed by atoms with Crippen LogP contribution in [0.2, 0.25) is 0 Å². The number of ether oxygens (including phenoxy) is 1. The maximum atomic E-state index is 12.8. The number of rotatable bonds is 4. The topological polar surface area (TPSA) is 95.6 Å². The lowest BCUT2D eigenvalue weighted by atomic mass is 10.00. The molecule has 0 bridgehead atoms. The van der Waals surface area contributed by atoms with Gasteiger partial charge in [-0.25, -0.2) is 4.98 Å². The van der Waals surface area contributed by atoms with Gasteiger partial charge in [0.1, 0.15) is 0 Å². The largest absolute Gasteiger partial charge is 0.378 e. The van der Waals surface area contributed by atoms with E-state index in [9.17, 15) is 14.4 Å². The number of benzene rings is 1. The zero-order chi connectivity index (χ0) is 20.4. The number of para-hydroxylation sites is 1. The van der Waals surface area contributed by atoms with Gasteiger partial charge in [0, 0.05) is 42.9 Å². The number of anilines is 2. The third kappa shape index (κ3) is 4.07. The Bertz CT molecular complexity index is 994. The fourth-order valence-electron chi connectivity index (χ4n) is 3.86. The molecular weight excluding hydrogens is 372 g/mol. The molecule has 0 atom stereocenters. The van der Waals surface area contributed by atoms with Gasteiger partial charge in [0.2, 0.25) is 11.9 Å². The van der Waals surface area contributed by atoms with Crippen LogP contribution in [0.1, 0.15) is 23.2 Å². The van der Waals surface area contributed by atoms with Gasteiger partial charge in [-0.1, -0.05) is 18.2 Å². The average Bonchev–Trinajstić information content (AvgIpc) is 2.72. The molecule has 8 heteroatoms. The van der Waals surface area contributed by atoms with Crippen LogP contribution in [-0.4, -0.2) is 54.5 Å². The van der Waals surface area contributed by atoms with E-state index in [0.717, 1.165) is 11.3 Å². The Labute approximate surface area is 168 Å². The van der Waals surface area contributed by atoms with Gasteiger partial charge in [0.25, 0.3) is 5.56 Å². The van der Waals surface area contributed by atoms with E-state index in [-0.39, 0.29) is 36.6 Å². The number of aryl methyl sites for hydroxylation is 1. The summed E-state index contributed by atoms with van der Waals surface area (Å²) in [7, 11) is 0. The molecule has 1 saturated heterocycles. The van der Waals surface area contributed by atoms with Crippen LogP contribution in [0.15, 0.2) is 29.1 Å². The summed E-state index contributed by atoms with van der Waals surface area (Å²) in [6.45, 7) is 4.45. The number of H-pyrrole nitrogens is 1. The smallest absolute Gasteiger partial charge is 0.255 e. The van der Waals surface area contributed by atoms with Gasteiger partial charge in [-0.15, -0.1) is 0 Å². The predicted molar refractivity (Wildman–Crippen MR) is 108 cm³/mol. The van der Waals surface area contributed by atoms with Gasteiger partial charge < -0.3 is 14.5 Å². The summed E-state index contributed by atoms with van der Waals surface area (Å²) in [5, 5.41) is 0. The zero-order valence-electron chi connectivity index (χ0n) is 16.4. The molecule has 29 heavy (non-hydrogen) atoms. The monoisotopic (exact) mass is 396 g/mol. The first kappa shape index (κ1) is 19.3. The zero-order valence-corrected chi connectivity index (χ0v) is 16.4. The van der Waals surface area contributed by atoms with Crippen molar-refractivity contribution >= 4 is 23.3 Å². The quantitative estimate of drug-likeness (QED) is 0.829. The van der Waals surface area contributed by atoms with Crippen molar-refractivity contribution < 1.29 is 14.3 Å². The Morgan fingerprint density at radius 2 is 1.97 bits per heavy atom. The fraction of sp³-hybridized carbons (Fsp3) is 0.429. The number of carbonyl (C=O) groups excluding carboxylic acids is 2. The van der Waals surface area contributed by atoms with Gasteiger partial charge in [0.15, 0.2) is 5.78 Å². The molecule has 0 aliphatic carbocycles. The lowest BCUT2D eigenvalue weighted by Crippen LogP contribution is -2.40. The molecule has 152 valence electrons. The van der Waals surface area contributed by atoms with Crippen molar-refractivity contribution in [1.29, 1.82) is 0 Å². The first-order chi connectivity index (χ1) is 14.0. The summed E-state index contributed by atoms with van der Waals surface area (Å²) >= 11 is 0. The number of nitrogens with zero attached hydrogens (tertiary/aromatic N) is 3. The van der Waals surface area contributed by atoms with Crippen molar-refractivity contribution in [3.05, 3.63) is 51.4 Å². The normalized spacial score (nSPS) is 16.7. The lowest BCUT2D eigenvalue weighted by Gasteiger charge is -2.29. The molecule has 0 spiro atoms. The highest BCUT2D eigenvalue weighted by atomic mass is 16.5. The lowest BCUT2D eigenvalue weighted by molar-refractivity contribution is -0.122. The highest BCUT2D eigenvalue weighted by molar-refractivity contribution is 6.03. The molecule has 1 fully saturated rings. The number of hydrogen-bond acceptors (Lipinski definition) is 6. The summed E-state index contributed by atoms with van der Waals surface area (Å²) in [5.74, 6) is 0.394. The Morgan fingerprint density at radius 1 is 1.21 bits per heavy atom. The van der Waals surface area contributed by atoms with Crippen LogP contribution < -0.4 is 15.4 Å². The van der Waals surface area contributed by atoms with Crippen molar-refractivity contribution in [2.45, 2.75) is 26.2 Å². The Morgan fingerprint density at radius 3 is 2.72 bits per heavy atom. The van der Waals surface area contributed by atoms with Crippen LogP contribution in [0, 0.1) is 6.92 Å². The van der Waals surface area contributed by atoms with E-state index >= 15 is 0 Å². The average molecular weight is 396 g/mol. The van der Waals surface area contributed by atoms with Gasteiger partial charge in [-0.05, 0) is 25.0 Å². The third-order valence-corrected chi connectivity index (χ3v) is 5.41. The third-order valence-electron chi connectivity index (χ3n) is 5.41. The van der Waals surface area contributed by atoms with E-state index in [1.165, 1.54) is 4.90 Å². The summed E-state index contributed by atoms with van der Waals surface area (Å²) in [4.78, 5) is 48.4. The van der Waals surface area contributed by atoms with Crippen molar-refractivity contribution in [2.75, 3.05) is 42.6 Å². The van der Waals surface area contributed by atoms with E-state index < -0.39 is 0 Å². The second-order valence-electron chi connectivity index (χ2n) is 7.38.